The van der Waals surface area contributed by atoms with Crippen molar-refractivity contribution in [2.45, 2.75) is 19.1 Å². The summed E-state index contributed by atoms with van der Waals surface area (Å²) >= 11 is 0. The molecule has 0 aliphatic carbocycles. The van der Waals surface area contributed by atoms with Gasteiger partial charge in [-0.05, 0) is 12.1 Å². The van der Waals surface area contributed by atoms with Gasteiger partial charge in [0.25, 0.3) is 0 Å². The van der Waals surface area contributed by atoms with E-state index in [0.29, 0.717) is 0 Å². The molecule has 96 valence electrons. The van der Waals surface area contributed by atoms with Gasteiger partial charge in [0.15, 0.2) is 0 Å². The van der Waals surface area contributed by atoms with Gasteiger partial charge in [0.05, 0.1) is 12.3 Å². The first-order valence-electron chi connectivity index (χ1n) is 5.41. The number of carbonyl (C=O) groups is 1. The number of aliphatic hydroxyl groups is 1. The molecular weight excluding hydrogens is 238 g/mol. The summed E-state index contributed by atoms with van der Waals surface area (Å²) in [4.78, 5) is 26.3. The van der Waals surface area contributed by atoms with Crippen LogP contribution >= 0.6 is 0 Å². The third kappa shape index (κ3) is 2.57. The Bertz CT molecular complexity index is 537. The van der Waals surface area contributed by atoms with Crippen molar-refractivity contribution < 1.29 is 14.6 Å². The average Bonchev–Trinajstić information content (AvgIpc) is 2.30. The van der Waals surface area contributed by atoms with E-state index in [1.54, 1.807) is 6.08 Å². The molecule has 1 aromatic rings. The summed E-state index contributed by atoms with van der Waals surface area (Å²) in [7, 11) is 0. The van der Waals surface area contributed by atoms with E-state index in [2.05, 4.69) is 10.3 Å². The SMILES string of the molecule is CC(=O)Nc1ccn([C@@H]2C=COC[C@H]2O)c(=O)n1. The number of hydrogen-bond acceptors (Lipinski definition) is 5. The molecule has 2 atom stereocenters. The first-order valence-corrected chi connectivity index (χ1v) is 5.41. The molecule has 1 aliphatic heterocycles. The topological polar surface area (TPSA) is 93.5 Å². The lowest BCUT2D eigenvalue weighted by atomic mass is 10.1. The highest BCUT2D eigenvalue weighted by Crippen LogP contribution is 2.16. The van der Waals surface area contributed by atoms with E-state index in [9.17, 15) is 14.7 Å². The minimum atomic E-state index is -0.805. The molecule has 0 saturated heterocycles. The summed E-state index contributed by atoms with van der Waals surface area (Å²) in [6.45, 7) is 1.46. The van der Waals surface area contributed by atoms with Crippen molar-refractivity contribution in [3.05, 3.63) is 35.1 Å². The second-order valence-corrected chi connectivity index (χ2v) is 3.90. The third-order valence-corrected chi connectivity index (χ3v) is 2.49. The van der Waals surface area contributed by atoms with Gasteiger partial charge in [-0.1, -0.05) is 0 Å². The molecular formula is C11H13N3O4. The number of aromatic nitrogens is 2. The lowest BCUT2D eigenvalue weighted by molar-refractivity contribution is -0.114. The first kappa shape index (κ1) is 12.3. The quantitative estimate of drug-likeness (QED) is 0.749. The molecule has 18 heavy (non-hydrogen) atoms. The number of anilines is 1. The molecule has 7 nitrogen and oxygen atoms in total. The molecule has 7 heteroatoms. The maximum atomic E-state index is 11.8. The smallest absolute Gasteiger partial charge is 0.350 e. The number of amides is 1. The third-order valence-electron chi connectivity index (χ3n) is 2.49. The Labute approximate surface area is 103 Å². The zero-order valence-electron chi connectivity index (χ0n) is 9.74. The second-order valence-electron chi connectivity index (χ2n) is 3.90. The van der Waals surface area contributed by atoms with Gasteiger partial charge in [-0.3, -0.25) is 9.36 Å². The minimum absolute atomic E-state index is 0.126. The predicted octanol–water partition coefficient (Wildman–Crippen LogP) is -0.352. The van der Waals surface area contributed by atoms with Gasteiger partial charge >= 0.3 is 5.69 Å². The van der Waals surface area contributed by atoms with E-state index in [1.807, 2.05) is 0 Å². The van der Waals surface area contributed by atoms with Crippen molar-refractivity contribution in [3.8, 4) is 0 Å². The molecule has 2 heterocycles. The minimum Gasteiger partial charge on any atom is -0.499 e. The van der Waals surface area contributed by atoms with Gasteiger partial charge in [-0.15, -0.1) is 0 Å². The summed E-state index contributed by atoms with van der Waals surface area (Å²) in [5.74, 6) is -0.111. The van der Waals surface area contributed by atoms with E-state index in [-0.39, 0.29) is 18.3 Å². The Morgan fingerprint density at radius 3 is 3.06 bits per heavy atom. The van der Waals surface area contributed by atoms with Gasteiger partial charge in [0.1, 0.15) is 18.5 Å². The molecule has 0 radical (unpaired) electrons. The Hall–Kier alpha value is -2.15. The monoisotopic (exact) mass is 251 g/mol. The van der Waals surface area contributed by atoms with Crippen molar-refractivity contribution in [1.29, 1.82) is 0 Å². The highest BCUT2D eigenvalue weighted by atomic mass is 16.5. The maximum absolute atomic E-state index is 11.8. The Balaban J connectivity index is 2.29. The van der Waals surface area contributed by atoms with E-state index in [0.717, 1.165) is 0 Å². The number of hydrogen-bond donors (Lipinski definition) is 2. The van der Waals surface area contributed by atoms with Gasteiger partial charge in [0, 0.05) is 13.1 Å². The van der Waals surface area contributed by atoms with E-state index >= 15 is 0 Å². The lowest BCUT2D eigenvalue weighted by Crippen LogP contribution is -2.36. The number of carbonyl (C=O) groups excluding carboxylic acids is 1. The van der Waals surface area contributed by atoms with Crippen molar-refractivity contribution >= 4 is 11.7 Å². The highest BCUT2D eigenvalue weighted by molar-refractivity contribution is 5.87. The molecule has 0 bridgehead atoms. The largest absolute Gasteiger partial charge is 0.499 e. The fourth-order valence-electron chi connectivity index (χ4n) is 1.68. The Morgan fingerprint density at radius 2 is 2.44 bits per heavy atom. The summed E-state index contributed by atoms with van der Waals surface area (Å²) in [5, 5.41) is 12.1. The fourth-order valence-corrected chi connectivity index (χ4v) is 1.68. The zero-order valence-corrected chi connectivity index (χ0v) is 9.74. The van der Waals surface area contributed by atoms with Crippen molar-refractivity contribution in [3.63, 3.8) is 0 Å². The number of aliphatic hydroxyl groups excluding tert-OH is 1. The second kappa shape index (κ2) is 5.01. The van der Waals surface area contributed by atoms with Crippen LogP contribution in [0.25, 0.3) is 0 Å². The molecule has 0 unspecified atom stereocenters. The van der Waals surface area contributed by atoms with Crippen LogP contribution in [0.1, 0.15) is 13.0 Å². The average molecular weight is 251 g/mol. The Morgan fingerprint density at radius 1 is 1.67 bits per heavy atom. The van der Waals surface area contributed by atoms with Crippen LogP contribution in [0.2, 0.25) is 0 Å². The number of ether oxygens (including phenoxy) is 1. The maximum Gasteiger partial charge on any atom is 0.350 e. The number of rotatable bonds is 2. The molecule has 0 saturated carbocycles. The molecule has 1 aliphatic rings. The number of nitrogens with zero attached hydrogens (tertiary/aromatic N) is 2. The molecule has 0 spiro atoms. The molecule has 0 fully saturated rings. The highest BCUT2D eigenvalue weighted by Gasteiger charge is 2.23. The van der Waals surface area contributed by atoms with Crippen LogP contribution in [0.4, 0.5) is 5.82 Å². The van der Waals surface area contributed by atoms with Crippen LogP contribution in [-0.2, 0) is 9.53 Å². The molecule has 2 N–H and O–H groups in total. The fraction of sp³-hybridized carbons (Fsp3) is 0.364. The molecule has 2 rings (SSSR count). The predicted molar refractivity (Wildman–Crippen MR) is 62.9 cm³/mol. The van der Waals surface area contributed by atoms with E-state index < -0.39 is 17.8 Å². The molecule has 1 amide bonds. The van der Waals surface area contributed by atoms with Gasteiger partial charge in [-0.2, -0.15) is 4.98 Å². The van der Waals surface area contributed by atoms with E-state index in [1.165, 1.54) is 30.0 Å². The normalized spacial score (nSPS) is 22.3. The number of nitrogens with one attached hydrogen (secondary N) is 1. The standard InChI is InChI=1S/C11H13N3O4/c1-7(15)12-10-2-4-14(11(17)13-10)8-3-5-18-6-9(8)16/h2-5,8-9,16H,6H2,1H3,(H,12,13,15,17)/t8-,9-/m1/s1. The van der Waals surface area contributed by atoms with Crippen LogP contribution in [0.5, 0.6) is 0 Å². The van der Waals surface area contributed by atoms with Crippen LogP contribution < -0.4 is 11.0 Å². The van der Waals surface area contributed by atoms with Gasteiger partial charge in [-0.25, -0.2) is 4.79 Å². The molecule has 0 aromatic carbocycles. The summed E-state index contributed by atoms with van der Waals surface area (Å²) < 4.78 is 6.21. The molecule has 1 aromatic heterocycles. The van der Waals surface area contributed by atoms with Crippen LogP contribution in [0, 0.1) is 0 Å². The van der Waals surface area contributed by atoms with Crippen molar-refractivity contribution in [1.82, 2.24) is 9.55 Å². The Kier molecular flexibility index (Phi) is 3.42. The summed E-state index contributed by atoms with van der Waals surface area (Å²) in [5.41, 5.74) is -0.545. The summed E-state index contributed by atoms with van der Waals surface area (Å²) in [6, 6.07) is 0.990. The first-order chi connectivity index (χ1) is 8.58. The van der Waals surface area contributed by atoms with Gasteiger partial charge in [0.2, 0.25) is 5.91 Å². The van der Waals surface area contributed by atoms with Crippen LogP contribution in [0.3, 0.4) is 0 Å². The van der Waals surface area contributed by atoms with Gasteiger partial charge < -0.3 is 15.2 Å². The van der Waals surface area contributed by atoms with Crippen molar-refractivity contribution in [2.75, 3.05) is 11.9 Å². The van der Waals surface area contributed by atoms with E-state index in [4.69, 9.17) is 4.74 Å². The zero-order chi connectivity index (χ0) is 13.1. The van der Waals surface area contributed by atoms with Crippen molar-refractivity contribution in [2.24, 2.45) is 0 Å². The van der Waals surface area contributed by atoms with Crippen LogP contribution in [-0.4, -0.2) is 33.3 Å². The van der Waals surface area contributed by atoms with Crippen LogP contribution in [0.15, 0.2) is 29.4 Å². The lowest BCUT2D eigenvalue weighted by Gasteiger charge is -2.24. The summed E-state index contributed by atoms with van der Waals surface area (Å²) in [6.07, 6.45) is 3.69.